The first-order valence-corrected chi connectivity index (χ1v) is 7.02. The zero-order valence-corrected chi connectivity index (χ0v) is 12.1. The van der Waals surface area contributed by atoms with Gasteiger partial charge in [-0.25, -0.2) is 0 Å². The zero-order chi connectivity index (χ0) is 13.7. The number of hydrogen-bond acceptors (Lipinski definition) is 4. The molecule has 2 rings (SSSR count). The molecule has 0 spiro atoms. The quantitative estimate of drug-likeness (QED) is 0.930. The molecule has 96 valence electrons. The molecule has 4 nitrogen and oxygen atoms in total. The minimum Gasteiger partial charge on any atom is -0.484 e. The van der Waals surface area contributed by atoms with Gasteiger partial charge in [0.15, 0.2) is 6.61 Å². The Labute approximate surface area is 122 Å². The van der Waals surface area contributed by atoms with E-state index in [4.69, 9.17) is 10.00 Å². The van der Waals surface area contributed by atoms with Gasteiger partial charge >= 0.3 is 0 Å². The third kappa shape index (κ3) is 3.81. The third-order valence-corrected chi connectivity index (χ3v) is 3.53. The molecule has 0 fully saturated rings. The fourth-order valence-corrected chi connectivity index (χ4v) is 2.49. The number of nitriles is 1. The molecule has 0 radical (unpaired) electrons. The van der Waals surface area contributed by atoms with E-state index in [2.05, 4.69) is 21.2 Å². The van der Waals surface area contributed by atoms with E-state index in [1.807, 2.05) is 18.2 Å². The molecule has 0 saturated heterocycles. The van der Waals surface area contributed by atoms with E-state index in [1.165, 1.54) is 11.3 Å². The summed E-state index contributed by atoms with van der Waals surface area (Å²) in [5, 5.41) is 13.8. The van der Waals surface area contributed by atoms with Crippen molar-refractivity contribution in [1.29, 1.82) is 5.26 Å². The summed E-state index contributed by atoms with van der Waals surface area (Å²) in [6.07, 6.45) is 0. The van der Waals surface area contributed by atoms with Gasteiger partial charge in [-0.05, 0) is 29.6 Å². The predicted molar refractivity (Wildman–Crippen MR) is 77.3 cm³/mol. The van der Waals surface area contributed by atoms with Crippen LogP contribution in [0.5, 0.6) is 5.75 Å². The fraction of sp³-hybridized carbons (Fsp3) is 0.0769. The SMILES string of the molecule is N#Cc1ccsc1NC(=O)COc1cccc(Br)c1. The maximum atomic E-state index is 11.7. The van der Waals surface area contributed by atoms with Crippen LogP contribution in [0.2, 0.25) is 0 Å². The Hall–Kier alpha value is -1.84. The van der Waals surface area contributed by atoms with E-state index in [9.17, 15) is 4.79 Å². The van der Waals surface area contributed by atoms with Crippen molar-refractivity contribution in [2.45, 2.75) is 0 Å². The molecule has 19 heavy (non-hydrogen) atoms. The Kier molecular flexibility index (Phi) is 4.55. The average Bonchev–Trinajstić information content (AvgIpc) is 2.84. The largest absolute Gasteiger partial charge is 0.484 e. The number of amides is 1. The number of carbonyl (C=O) groups excluding carboxylic acids is 1. The Morgan fingerprint density at radius 2 is 2.32 bits per heavy atom. The number of halogens is 1. The molecule has 1 amide bonds. The molecular weight excluding hydrogens is 328 g/mol. The van der Waals surface area contributed by atoms with Gasteiger partial charge in [-0.2, -0.15) is 5.26 Å². The van der Waals surface area contributed by atoms with Crippen molar-refractivity contribution in [3.05, 3.63) is 45.7 Å². The summed E-state index contributed by atoms with van der Waals surface area (Å²) in [5.74, 6) is 0.315. The monoisotopic (exact) mass is 336 g/mol. The first kappa shape index (κ1) is 13.6. The molecule has 1 aromatic carbocycles. The topological polar surface area (TPSA) is 62.1 Å². The maximum Gasteiger partial charge on any atom is 0.262 e. The lowest BCUT2D eigenvalue weighted by Gasteiger charge is -2.06. The van der Waals surface area contributed by atoms with Crippen molar-refractivity contribution < 1.29 is 9.53 Å². The Morgan fingerprint density at radius 3 is 3.05 bits per heavy atom. The lowest BCUT2D eigenvalue weighted by Crippen LogP contribution is -2.19. The molecule has 1 N–H and O–H groups in total. The first-order valence-electron chi connectivity index (χ1n) is 5.35. The number of carbonyl (C=O) groups is 1. The first-order chi connectivity index (χ1) is 9.19. The van der Waals surface area contributed by atoms with E-state index in [-0.39, 0.29) is 12.5 Å². The van der Waals surface area contributed by atoms with Crippen LogP contribution in [0.4, 0.5) is 5.00 Å². The molecule has 0 aliphatic rings. The molecule has 0 saturated carbocycles. The zero-order valence-electron chi connectivity index (χ0n) is 9.72. The lowest BCUT2D eigenvalue weighted by atomic mass is 10.3. The van der Waals surface area contributed by atoms with Crippen molar-refractivity contribution >= 4 is 38.2 Å². The van der Waals surface area contributed by atoms with E-state index in [0.29, 0.717) is 16.3 Å². The van der Waals surface area contributed by atoms with Crippen LogP contribution in [-0.4, -0.2) is 12.5 Å². The highest BCUT2D eigenvalue weighted by atomic mass is 79.9. The molecule has 0 bridgehead atoms. The van der Waals surface area contributed by atoms with Crippen LogP contribution < -0.4 is 10.1 Å². The summed E-state index contributed by atoms with van der Waals surface area (Å²) in [6.45, 7) is -0.0980. The molecule has 2 aromatic rings. The van der Waals surface area contributed by atoms with Gasteiger partial charge in [0.1, 0.15) is 16.8 Å². The smallest absolute Gasteiger partial charge is 0.262 e. The van der Waals surface area contributed by atoms with Crippen LogP contribution in [0.25, 0.3) is 0 Å². The highest BCUT2D eigenvalue weighted by molar-refractivity contribution is 9.10. The van der Waals surface area contributed by atoms with Gasteiger partial charge in [0, 0.05) is 4.47 Å². The van der Waals surface area contributed by atoms with Crippen molar-refractivity contribution in [3.63, 3.8) is 0 Å². The summed E-state index contributed by atoms with van der Waals surface area (Å²) in [5.41, 5.74) is 0.459. The van der Waals surface area contributed by atoms with Crippen LogP contribution in [0.15, 0.2) is 40.2 Å². The summed E-state index contributed by atoms with van der Waals surface area (Å²) >= 11 is 4.63. The Morgan fingerprint density at radius 1 is 1.47 bits per heavy atom. The van der Waals surface area contributed by atoms with Gasteiger partial charge in [-0.1, -0.05) is 22.0 Å². The molecule has 1 aromatic heterocycles. The molecule has 0 aliphatic carbocycles. The second-order valence-electron chi connectivity index (χ2n) is 3.57. The van der Waals surface area contributed by atoms with Crippen molar-refractivity contribution in [2.75, 3.05) is 11.9 Å². The number of nitrogens with zero attached hydrogens (tertiary/aromatic N) is 1. The van der Waals surface area contributed by atoms with Crippen molar-refractivity contribution in [1.82, 2.24) is 0 Å². The Bertz CT molecular complexity index is 634. The molecular formula is C13H9BrN2O2S. The molecule has 0 unspecified atom stereocenters. The summed E-state index contributed by atoms with van der Waals surface area (Å²) in [4.78, 5) is 11.7. The van der Waals surface area contributed by atoms with E-state index < -0.39 is 0 Å². The van der Waals surface area contributed by atoms with Crippen molar-refractivity contribution in [2.24, 2.45) is 0 Å². The van der Waals surface area contributed by atoms with Gasteiger partial charge in [0.25, 0.3) is 5.91 Å². The highest BCUT2D eigenvalue weighted by Crippen LogP contribution is 2.22. The van der Waals surface area contributed by atoms with Crippen LogP contribution in [-0.2, 0) is 4.79 Å². The number of hydrogen-bond donors (Lipinski definition) is 1. The van der Waals surface area contributed by atoms with Gasteiger partial charge in [-0.15, -0.1) is 11.3 Å². The van der Waals surface area contributed by atoms with Gasteiger partial charge in [0.05, 0.1) is 5.56 Å². The van der Waals surface area contributed by atoms with E-state index in [1.54, 1.807) is 23.6 Å². The molecule has 1 heterocycles. The standard InChI is InChI=1S/C13H9BrN2O2S/c14-10-2-1-3-11(6-10)18-8-12(17)16-13-9(7-15)4-5-19-13/h1-6H,8H2,(H,16,17). The predicted octanol–water partition coefficient (Wildman–Crippen LogP) is 3.40. The van der Waals surface area contributed by atoms with E-state index >= 15 is 0 Å². The second kappa shape index (κ2) is 6.36. The summed E-state index contributed by atoms with van der Waals surface area (Å²) < 4.78 is 6.24. The van der Waals surface area contributed by atoms with Gasteiger partial charge in [-0.3, -0.25) is 4.79 Å². The second-order valence-corrected chi connectivity index (χ2v) is 5.40. The number of rotatable bonds is 4. The maximum absolute atomic E-state index is 11.7. The number of anilines is 1. The van der Waals surface area contributed by atoms with Crippen LogP contribution in [0, 0.1) is 11.3 Å². The van der Waals surface area contributed by atoms with Crippen LogP contribution in [0.1, 0.15) is 5.56 Å². The molecule has 6 heteroatoms. The normalized spacial score (nSPS) is 9.68. The molecule has 0 aliphatic heterocycles. The molecule has 0 atom stereocenters. The average molecular weight is 337 g/mol. The third-order valence-electron chi connectivity index (χ3n) is 2.20. The van der Waals surface area contributed by atoms with Gasteiger partial charge in [0.2, 0.25) is 0 Å². The minimum absolute atomic E-state index is 0.0980. The fourth-order valence-electron chi connectivity index (χ4n) is 1.36. The van der Waals surface area contributed by atoms with Gasteiger partial charge < -0.3 is 10.1 Å². The number of ether oxygens (including phenoxy) is 1. The lowest BCUT2D eigenvalue weighted by molar-refractivity contribution is -0.118. The number of nitrogens with one attached hydrogen (secondary N) is 1. The summed E-state index contributed by atoms with van der Waals surface area (Å²) in [7, 11) is 0. The number of thiophene rings is 1. The van der Waals surface area contributed by atoms with Crippen LogP contribution >= 0.6 is 27.3 Å². The van der Waals surface area contributed by atoms with Crippen molar-refractivity contribution in [3.8, 4) is 11.8 Å². The van der Waals surface area contributed by atoms with Crippen LogP contribution in [0.3, 0.4) is 0 Å². The Balaban J connectivity index is 1.91. The number of benzene rings is 1. The summed E-state index contributed by atoms with van der Waals surface area (Å²) in [6, 6.07) is 10.9. The van der Waals surface area contributed by atoms with E-state index in [0.717, 1.165) is 4.47 Å². The highest BCUT2D eigenvalue weighted by Gasteiger charge is 2.08. The minimum atomic E-state index is -0.293.